The third kappa shape index (κ3) is 1.29. The number of carbonyl (C=O) groups excluding carboxylic acids is 3. The van der Waals surface area contributed by atoms with Crippen molar-refractivity contribution in [3.05, 3.63) is 0 Å². The largest absolute Gasteiger partial charge is 0.468 e. The van der Waals surface area contributed by atoms with Crippen LogP contribution in [0, 0.1) is 5.92 Å². The van der Waals surface area contributed by atoms with E-state index in [1.807, 2.05) is 0 Å². The van der Waals surface area contributed by atoms with E-state index in [4.69, 9.17) is 0 Å². The Labute approximate surface area is 80.8 Å². The van der Waals surface area contributed by atoms with Gasteiger partial charge in [-0.1, -0.05) is 0 Å². The molecule has 1 aliphatic carbocycles. The first-order chi connectivity index (χ1) is 6.58. The van der Waals surface area contributed by atoms with Crippen molar-refractivity contribution >= 4 is 17.7 Å². The molecule has 0 bridgehead atoms. The zero-order chi connectivity index (χ0) is 10.3. The molecule has 1 atom stereocenters. The third-order valence-electron chi connectivity index (χ3n) is 2.78. The van der Waals surface area contributed by atoms with Crippen LogP contribution in [0.3, 0.4) is 0 Å². The summed E-state index contributed by atoms with van der Waals surface area (Å²) in [5.41, 5.74) is -0.321. The molecule has 76 valence electrons. The van der Waals surface area contributed by atoms with Crippen LogP contribution in [0.5, 0.6) is 0 Å². The van der Waals surface area contributed by atoms with Crippen LogP contribution < -0.4 is 5.32 Å². The Morgan fingerprint density at radius 3 is 2.57 bits per heavy atom. The first kappa shape index (κ1) is 9.18. The molecule has 1 spiro atoms. The Bertz CT molecular complexity index is 299. The lowest BCUT2D eigenvalue weighted by Gasteiger charge is -2.26. The van der Waals surface area contributed by atoms with Crippen molar-refractivity contribution < 1.29 is 19.1 Å². The molecule has 1 N–H and O–H groups in total. The molecule has 0 aromatic heterocycles. The Hall–Kier alpha value is -1.39. The van der Waals surface area contributed by atoms with E-state index < -0.39 is 17.8 Å². The van der Waals surface area contributed by atoms with Crippen LogP contribution in [0.2, 0.25) is 0 Å². The summed E-state index contributed by atoms with van der Waals surface area (Å²) in [6, 6.07) is 0. The highest BCUT2D eigenvalue weighted by molar-refractivity contribution is 6.18. The van der Waals surface area contributed by atoms with Gasteiger partial charge in [0.2, 0.25) is 5.91 Å². The number of hydrogen-bond donors (Lipinski definition) is 1. The van der Waals surface area contributed by atoms with Gasteiger partial charge in [-0.05, 0) is 12.8 Å². The highest BCUT2D eigenvalue weighted by atomic mass is 16.5. The van der Waals surface area contributed by atoms with Crippen LogP contribution in [0.4, 0.5) is 0 Å². The number of hydrogen-bond acceptors (Lipinski definition) is 4. The average molecular weight is 197 g/mol. The summed E-state index contributed by atoms with van der Waals surface area (Å²) in [7, 11) is 1.17. The zero-order valence-corrected chi connectivity index (χ0v) is 7.83. The number of amides is 1. The maximum absolute atomic E-state index is 11.5. The number of rotatable bonds is 1. The lowest BCUT2D eigenvalue weighted by atomic mass is 9.91. The molecule has 0 unspecified atom stereocenters. The predicted molar refractivity (Wildman–Crippen MR) is 45.2 cm³/mol. The second kappa shape index (κ2) is 2.80. The second-order valence-corrected chi connectivity index (χ2v) is 3.87. The minimum atomic E-state index is -1.24. The van der Waals surface area contributed by atoms with Crippen molar-refractivity contribution in [1.29, 1.82) is 0 Å². The fraction of sp³-hybridized carbons (Fsp3) is 0.667. The summed E-state index contributed by atoms with van der Waals surface area (Å²) < 4.78 is 4.40. The molecule has 0 aromatic rings. The summed E-state index contributed by atoms with van der Waals surface area (Å²) in [6.07, 6.45) is 1.93. The molecule has 1 saturated carbocycles. The third-order valence-corrected chi connectivity index (χ3v) is 2.78. The number of Topliss-reactive ketones (excluding diaryl/α,β-unsaturated/α-hetero) is 1. The topological polar surface area (TPSA) is 72.5 Å². The predicted octanol–water partition coefficient (Wildman–Crippen LogP) is -0.603. The minimum absolute atomic E-state index is 0.262. The van der Waals surface area contributed by atoms with Gasteiger partial charge in [-0.2, -0.15) is 0 Å². The van der Waals surface area contributed by atoms with E-state index in [1.54, 1.807) is 0 Å². The standard InChI is InChI=1S/C9H11NO4/c1-14-8(13)6-5(11)4-9(2-3-9)10-7(6)12/h6H,2-4H2,1H3,(H,10,12)/t6-/m1/s1. The number of methoxy groups -OCH3 is 1. The summed E-state index contributed by atoms with van der Waals surface area (Å²) >= 11 is 0. The van der Waals surface area contributed by atoms with Gasteiger partial charge in [-0.25, -0.2) is 0 Å². The van der Waals surface area contributed by atoms with E-state index in [1.165, 1.54) is 7.11 Å². The maximum Gasteiger partial charge on any atom is 0.325 e. The number of carbonyl (C=O) groups is 3. The molecule has 1 aliphatic heterocycles. The van der Waals surface area contributed by atoms with E-state index in [0.717, 1.165) is 12.8 Å². The number of nitrogens with one attached hydrogen (secondary N) is 1. The Balaban J connectivity index is 2.16. The summed E-state index contributed by atoms with van der Waals surface area (Å²) in [6.45, 7) is 0. The van der Waals surface area contributed by atoms with Gasteiger partial charge in [0.15, 0.2) is 11.7 Å². The monoisotopic (exact) mass is 197 g/mol. The van der Waals surface area contributed by atoms with E-state index in [-0.39, 0.29) is 17.7 Å². The average Bonchev–Trinajstić information content (AvgIpc) is 2.82. The van der Waals surface area contributed by atoms with Crippen molar-refractivity contribution in [2.75, 3.05) is 7.11 Å². The number of ketones is 1. The van der Waals surface area contributed by atoms with Gasteiger partial charge in [0.25, 0.3) is 0 Å². The molecule has 1 amide bonds. The summed E-state index contributed by atoms with van der Waals surface area (Å²) in [4.78, 5) is 34.0. The minimum Gasteiger partial charge on any atom is -0.468 e. The molecule has 0 aromatic carbocycles. The van der Waals surface area contributed by atoms with Crippen LogP contribution >= 0.6 is 0 Å². The van der Waals surface area contributed by atoms with Crippen molar-refractivity contribution in [3.63, 3.8) is 0 Å². The van der Waals surface area contributed by atoms with Crippen molar-refractivity contribution in [2.45, 2.75) is 24.8 Å². The first-order valence-electron chi connectivity index (χ1n) is 4.50. The molecule has 5 nitrogen and oxygen atoms in total. The fourth-order valence-corrected chi connectivity index (χ4v) is 1.77. The van der Waals surface area contributed by atoms with Crippen LogP contribution in [0.15, 0.2) is 0 Å². The molecule has 0 radical (unpaired) electrons. The molecule has 1 saturated heterocycles. The SMILES string of the molecule is COC(=O)[C@@H]1C(=O)CC2(CC2)NC1=O. The molecule has 14 heavy (non-hydrogen) atoms. The smallest absolute Gasteiger partial charge is 0.325 e. The van der Waals surface area contributed by atoms with Crippen LogP contribution in [-0.4, -0.2) is 30.3 Å². The molecule has 5 heteroatoms. The molecule has 1 heterocycles. The van der Waals surface area contributed by atoms with Gasteiger partial charge in [-0.3, -0.25) is 14.4 Å². The van der Waals surface area contributed by atoms with Gasteiger partial charge in [0.05, 0.1) is 7.11 Å². The van der Waals surface area contributed by atoms with Gasteiger partial charge >= 0.3 is 5.97 Å². The van der Waals surface area contributed by atoms with Crippen LogP contribution in [-0.2, 0) is 19.1 Å². The first-order valence-corrected chi connectivity index (χ1v) is 4.50. The van der Waals surface area contributed by atoms with Crippen LogP contribution in [0.1, 0.15) is 19.3 Å². The fourth-order valence-electron chi connectivity index (χ4n) is 1.77. The van der Waals surface area contributed by atoms with E-state index in [2.05, 4.69) is 10.1 Å². The highest BCUT2D eigenvalue weighted by Gasteiger charge is 2.54. The second-order valence-electron chi connectivity index (χ2n) is 3.87. The zero-order valence-electron chi connectivity index (χ0n) is 7.83. The molecule has 2 aliphatic rings. The quantitative estimate of drug-likeness (QED) is 0.450. The lowest BCUT2D eigenvalue weighted by Crippen LogP contribution is -2.53. The van der Waals surface area contributed by atoms with Gasteiger partial charge < -0.3 is 10.1 Å². The van der Waals surface area contributed by atoms with Gasteiger partial charge in [0, 0.05) is 12.0 Å². The van der Waals surface area contributed by atoms with Gasteiger partial charge in [-0.15, -0.1) is 0 Å². The van der Waals surface area contributed by atoms with E-state index >= 15 is 0 Å². The van der Waals surface area contributed by atoms with Crippen molar-refractivity contribution in [2.24, 2.45) is 5.92 Å². The van der Waals surface area contributed by atoms with E-state index in [9.17, 15) is 14.4 Å². The summed E-state index contributed by atoms with van der Waals surface area (Å²) in [5.74, 6) is -2.84. The molecular weight excluding hydrogens is 186 g/mol. The molecule has 2 rings (SSSR count). The number of ether oxygens (including phenoxy) is 1. The molecule has 2 fully saturated rings. The Kier molecular flexibility index (Phi) is 1.83. The Morgan fingerprint density at radius 2 is 2.14 bits per heavy atom. The molecular formula is C9H11NO4. The van der Waals surface area contributed by atoms with Crippen LogP contribution in [0.25, 0.3) is 0 Å². The van der Waals surface area contributed by atoms with Gasteiger partial charge in [0.1, 0.15) is 0 Å². The van der Waals surface area contributed by atoms with Crippen molar-refractivity contribution in [3.8, 4) is 0 Å². The lowest BCUT2D eigenvalue weighted by molar-refractivity contribution is -0.155. The Morgan fingerprint density at radius 1 is 1.50 bits per heavy atom. The summed E-state index contributed by atoms with van der Waals surface area (Å²) in [5, 5.41) is 2.70. The van der Waals surface area contributed by atoms with E-state index in [0.29, 0.717) is 0 Å². The normalized spacial score (nSPS) is 28.5. The highest BCUT2D eigenvalue weighted by Crippen LogP contribution is 2.42. The maximum atomic E-state index is 11.5. The number of piperidine rings is 1. The number of esters is 1. The van der Waals surface area contributed by atoms with Crippen molar-refractivity contribution in [1.82, 2.24) is 5.32 Å².